The van der Waals surface area contributed by atoms with Crippen LogP contribution in [-0.2, 0) is 11.3 Å². The standard InChI is InChI=1S/C11H19N5O/c1-3-15-6-5-14-11(15)16-7-4-13-8-9(16)10(17)12-2/h5-6,9,13H,3-4,7-8H2,1-2H3,(H,12,17). The molecular weight excluding hydrogens is 218 g/mol. The number of rotatable bonds is 3. The van der Waals surface area contributed by atoms with Gasteiger partial charge in [0.05, 0.1) is 0 Å². The van der Waals surface area contributed by atoms with E-state index in [0.29, 0.717) is 6.54 Å². The van der Waals surface area contributed by atoms with Gasteiger partial charge in [-0.2, -0.15) is 0 Å². The lowest BCUT2D eigenvalue weighted by molar-refractivity contribution is -0.122. The summed E-state index contributed by atoms with van der Waals surface area (Å²) >= 11 is 0. The van der Waals surface area contributed by atoms with Crippen molar-refractivity contribution in [2.45, 2.75) is 19.5 Å². The van der Waals surface area contributed by atoms with Gasteiger partial charge >= 0.3 is 0 Å². The minimum absolute atomic E-state index is 0.0304. The predicted molar refractivity (Wildman–Crippen MR) is 66.0 cm³/mol. The van der Waals surface area contributed by atoms with Crippen molar-refractivity contribution >= 4 is 11.9 Å². The molecule has 1 aromatic heterocycles. The third kappa shape index (κ3) is 2.26. The second-order valence-electron chi connectivity index (χ2n) is 4.04. The Morgan fingerprint density at radius 3 is 3.24 bits per heavy atom. The summed E-state index contributed by atoms with van der Waals surface area (Å²) in [5, 5.41) is 5.95. The summed E-state index contributed by atoms with van der Waals surface area (Å²) in [4.78, 5) is 18.3. The van der Waals surface area contributed by atoms with Gasteiger partial charge in [0.2, 0.25) is 11.9 Å². The zero-order chi connectivity index (χ0) is 12.3. The number of amides is 1. The molecule has 6 heteroatoms. The molecule has 0 aliphatic carbocycles. The van der Waals surface area contributed by atoms with E-state index in [0.717, 1.165) is 25.6 Å². The number of hydrogen-bond acceptors (Lipinski definition) is 4. The fraction of sp³-hybridized carbons (Fsp3) is 0.636. The molecule has 0 radical (unpaired) electrons. The van der Waals surface area contributed by atoms with E-state index in [-0.39, 0.29) is 11.9 Å². The number of carbonyl (C=O) groups excluding carboxylic acids is 1. The van der Waals surface area contributed by atoms with Gasteiger partial charge in [0.15, 0.2) is 0 Å². The van der Waals surface area contributed by atoms with Gasteiger partial charge in [-0.05, 0) is 6.92 Å². The molecule has 94 valence electrons. The van der Waals surface area contributed by atoms with Crippen LogP contribution in [-0.4, -0.2) is 48.2 Å². The van der Waals surface area contributed by atoms with Crippen LogP contribution in [0.25, 0.3) is 0 Å². The van der Waals surface area contributed by atoms with Crippen LogP contribution in [0.1, 0.15) is 6.92 Å². The average Bonchev–Trinajstić information content (AvgIpc) is 2.86. The molecule has 6 nitrogen and oxygen atoms in total. The van der Waals surface area contributed by atoms with Gasteiger partial charge in [0.1, 0.15) is 6.04 Å². The van der Waals surface area contributed by atoms with Crippen molar-refractivity contribution < 1.29 is 4.79 Å². The first-order valence-electron chi connectivity index (χ1n) is 5.98. The number of aromatic nitrogens is 2. The monoisotopic (exact) mass is 237 g/mol. The Hall–Kier alpha value is -1.56. The van der Waals surface area contributed by atoms with E-state index >= 15 is 0 Å². The van der Waals surface area contributed by atoms with Crippen LogP contribution in [0.5, 0.6) is 0 Å². The van der Waals surface area contributed by atoms with Gasteiger partial charge in [-0.3, -0.25) is 4.79 Å². The van der Waals surface area contributed by atoms with Crippen LogP contribution in [0, 0.1) is 0 Å². The smallest absolute Gasteiger partial charge is 0.243 e. The SMILES string of the molecule is CCn1ccnc1N1CCNCC1C(=O)NC. The van der Waals surface area contributed by atoms with Crippen molar-refractivity contribution in [3.05, 3.63) is 12.4 Å². The van der Waals surface area contributed by atoms with E-state index in [2.05, 4.69) is 32.0 Å². The summed E-state index contributed by atoms with van der Waals surface area (Å²) in [6, 6.07) is -0.179. The molecule has 2 N–H and O–H groups in total. The molecule has 1 amide bonds. The van der Waals surface area contributed by atoms with Crippen molar-refractivity contribution in [1.82, 2.24) is 20.2 Å². The molecule has 1 aromatic rings. The third-order valence-corrected chi connectivity index (χ3v) is 3.08. The molecule has 0 spiro atoms. The molecule has 1 aliphatic rings. The Balaban J connectivity index is 2.24. The van der Waals surface area contributed by atoms with Crippen LogP contribution < -0.4 is 15.5 Å². The second-order valence-corrected chi connectivity index (χ2v) is 4.04. The van der Waals surface area contributed by atoms with Crippen molar-refractivity contribution in [2.24, 2.45) is 0 Å². The minimum Gasteiger partial charge on any atom is -0.357 e. The largest absolute Gasteiger partial charge is 0.357 e. The number of hydrogen-bond donors (Lipinski definition) is 2. The van der Waals surface area contributed by atoms with E-state index in [1.54, 1.807) is 13.2 Å². The number of piperazine rings is 1. The van der Waals surface area contributed by atoms with Gasteiger partial charge in [0, 0.05) is 45.6 Å². The number of carbonyl (C=O) groups is 1. The lowest BCUT2D eigenvalue weighted by Gasteiger charge is -2.35. The van der Waals surface area contributed by atoms with Gasteiger partial charge in [-0.1, -0.05) is 0 Å². The third-order valence-electron chi connectivity index (χ3n) is 3.08. The Labute approximate surface area is 101 Å². The molecule has 1 saturated heterocycles. The number of likely N-dealkylation sites (N-methyl/N-ethyl adjacent to an activating group) is 1. The van der Waals surface area contributed by atoms with E-state index in [4.69, 9.17) is 0 Å². The quantitative estimate of drug-likeness (QED) is 0.739. The van der Waals surface area contributed by atoms with Crippen LogP contribution in [0.2, 0.25) is 0 Å². The summed E-state index contributed by atoms with van der Waals surface area (Å²) < 4.78 is 2.06. The topological polar surface area (TPSA) is 62.2 Å². The highest BCUT2D eigenvalue weighted by molar-refractivity contribution is 5.85. The van der Waals surface area contributed by atoms with E-state index in [1.165, 1.54) is 0 Å². The number of imidazole rings is 1. The minimum atomic E-state index is -0.179. The van der Waals surface area contributed by atoms with Gasteiger partial charge in [-0.25, -0.2) is 4.98 Å². The Morgan fingerprint density at radius 1 is 1.71 bits per heavy atom. The molecular formula is C11H19N5O. The molecule has 1 fully saturated rings. The molecule has 0 saturated carbocycles. The van der Waals surface area contributed by atoms with Crippen molar-refractivity contribution in [3.63, 3.8) is 0 Å². The maximum Gasteiger partial charge on any atom is 0.243 e. The summed E-state index contributed by atoms with van der Waals surface area (Å²) in [6.07, 6.45) is 3.72. The number of nitrogens with one attached hydrogen (secondary N) is 2. The Morgan fingerprint density at radius 2 is 2.53 bits per heavy atom. The Bertz CT molecular complexity index is 389. The van der Waals surface area contributed by atoms with Gasteiger partial charge < -0.3 is 20.1 Å². The zero-order valence-corrected chi connectivity index (χ0v) is 10.3. The molecule has 1 aliphatic heterocycles. The van der Waals surface area contributed by atoms with Crippen molar-refractivity contribution in [3.8, 4) is 0 Å². The van der Waals surface area contributed by atoms with Gasteiger partial charge in [-0.15, -0.1) is 0 Å². The number of nitrogens with zero attached hydrogens (tertiary/aromatic N) is 3. The van der Waals surface area contributed by atoms with Crippen LogP contribution >= 0.6 is 0 Å². The normalized spacial score (nSPS) is 20.4. The fourth-order valence-electron chi connectivity index (χ4n) is 2.15. The lowest BCUT2D eigenvalue weighted by atomic mass is 10.2. The highest BCUT2D eigenvalue weighted by atomic mass is 16.2. The Kier molecular flexibility index (Phi) is 3.63. The molecule has 2 rings (SSSR count). The first-order chi connectivity index (χ1) is 8.27. The molecule has 17 heavy (non-hydrogen) atoms. The van der Waals surface area contributed by atoms with Crippen LogP contribution in [0.3, 0.4) is 0 Å². The zero-order valence-electron chi connectivity index (χ0n) is 10.3. The van der Waals surface area contributed by atoms with E-state index < -0.39 is 0 Å². The molecule has 1 unspecified atom stereocenters. The van der Waals surface area contributed by atoms with Gasteiger partial charge in [0.25, 0.3) is 0 Å². The first-order valence-corrected chi connectivity index (χ1v) is 5.98. The highest BCUT2D eigenvalue weighted by Gasteiger charge is 2.30. The van der Waals surface area contributed by atoms with E-state index in [1.807, 2.05) is 6.20 Å². The maximum absolute atomic E-state index is 11.8. The number of aryl methyl sites for hydroxylation is 1. The number of anilines is 1. The summed E-state index contributed by atoms with van der Waals surface area (Å²) in [7, 11) is 1.67. The molecule has 1 atom stereocenters. The van der Waals surface area contributed by atoms with Crippen LogP contribution in [0.4, 0.5) is 5.95 Å². The van der Waals surface area contributed by atoms with Crippen LogP contribution in [0.15, 0.2) is 12.4 Å². The second kappa shape index (κ2) is 5.18. The fourth-order valence-corrected chi connectivity index (χ4v) is 2.15. The summed E-state index contributed by atoms with van der Waals surface area (Å²) in [6.45, 7) is 5.28. The van der Waals surface area contributed by atoms with E-state index in [9.17, 15) is 4.79 Å². The highest BCUT2D eigenvalue weighted by Crippen LogP contribution is 2.16. The summed E-state index contributed by atoms with van der Waals surface area (Å²) in [5.74, 6) is 0.908. The van der Waals surface area contributed by atoms with Crippen molar-refractivity contribution in [2.75, 3.05) is 31.6 Å². The molecule has 0 aromatic carbocycles. The predicted octanol–water partition coefficient (Wildman–Crippen LogP) is -0.573. The summed E-state index contributed by atoms with van der Waals surface area (Å²) in [5.41, 5.74) is 0. The first kappa shape index (κ1) is 11.9. The average molecular weight is 237 g/mol. The molecule has 2 heterocycles. The van der Waals surface area contributed by atoms with Crippen molar-refractivity contribution in [1.29, 1.82) is 0 Å². The maximum atomic E-state index is 11.8. The lowest BCUT2D eigenvalue weighted by Crippen LogP contribution is -2.58. The molecule has 0 bridgehead atoms.